The van der Waals surface area contributed by atoms with Gasteiger partial charge in [0.25, 0.3) is 0 Å². The van der Waals surface area contributed by atoms with E-state index in [1.54, 1.807) is 4.90 Å². The zero-order valence-electron chi connectivity index (χ0n) is 19.4. The third kappa shape index (κ3) is 6.41. The smallest absolute Gasteiger partial charge is 0.420 e. The second kappa shape index (κ2) is 10.2. The number of anilines is 2. The molecule has 1 atom stereocenters. The fraction of sp³-hybridized carbons (Fsp3) is 0.500. The van der Waals surface area contributed by atoms with Crippen LogP contribution in [0.3, 0.4) is 0 Å². The summed E-state index contributed by atoms with van der Waals surface area (Å²) in [4.78, 5) is 21.3. The van der Waals surface area contributed by atoms with Crippen LogP contribution in [-0.2, 0) is 6.18 Å². The average Bonchev–Trinajstić information content (AvgIpc) is 3.59. The third-order valence-electron chi connectivity index (χ3n) is 6.45. The number of alkyl halides is 5. The van der Waals surface area contributed by atoms with Gasteiger partial charge in [-0.3, -0.25) is 0 Å². The Bertz CT molecular complexity index is 1070. The van der Waals surface area contributed by atoms with Crippen molar-refractivity contribution in [3.8, 4) is 5.75 Å². The molecule has 1 fully saturated rings. The number of ether oxygens (including phenoxy) is 1. The van der Waals surface area contributed by atoms with E-state index in [0.717, 1.165) is 13.0 Å². The van der Waals surface area contributed by atoms with Crippen molar-refractivity contribution in [3.05, 3.63) is 47.8 Å². The van der Waals surface area contributed by atoms with Crippen molar-refractivity contribution in [3.63, 3.8) is 0 Å². The Labute approximate surface area is 210 Å². The van der Waals surface area contributed by atoms with Gasteiger partial charge in [-0.05, 0) is 68.5 Å². The van der Waals surface area contributed by atoms with Crippen LogP contribution in [0.25, 0.3) is 0 Å². The molecule has 1 heterocycles. The van der Waals surface area contributed by atoms with E-state index in [1.807, 2.05) is 0 Å². The third-order valence-corrected chi connectivity index (χ3v) is 9.15. The molecule has 4 nitrogen and oxygen atoms in total. The van der Waals surface area contributed by atoms with Gasteiger partial charge in [0.2, 0.25) is 5.92 Å². The quantitative estimate of drug-likeness (QED) is 0.265. The first kappa shape index (κ1) is 27.4. The van der Waals surface area contributed by atoms with Gasteiger partial charge >= 0.3 is 6.18 Å². The van der Waals surface area contributed by atoms with Crippen LogP contribution in [-0.4, -0.2) is 39.8 Å². The Kier molecular flexibility index (Phi) is 7.78. The van der Waals surface area contributed by atoms with Crippen molar-refractivity contribution in [2.24, 2.45) is 5.92 Å². The average molecular weight is 554 g/mol. The summed E-state index contributed by atoms with van der Waals surface area (Å²) in [6, 6.07) is 7.53. The first-order valence-corrected chi connectivity index (χ1v) is 13.6. The topological polar surface area (TPSA) is 52.9 Å². The van der Waals surface area contributed by atoms with Gasteiger partial charge in [0.1, 0.15) is 18.2 Å². The number of rotatable bonds is 8. The second-order valence-electron chi connectivity index (χ2n) is 9.49. The maximum Gasteiger partial charge on any atom is 0.420 e. The van der Waals surface area contributed by atoms with Crippen molar-refractivity contribution in [2.75, 3.05) is 23.8 Å². The molecule has 0 saturated heterocycles. The SMILES string of the molecule is CC(F)(F)CC[C@H]1CSc2cc(OCC3(P(O)O)CC3)c(C(F)(F)F)cc2N(c2ccc(F)cc2)C1. The number of benzene rings is 2. The van der Waals surface area contributed by atoms with Crippen molar-refractivity contribution in [1.29, 1.82) is 0 Å². The van der Waals surface area contributed by atoms with E-state index < -0.39 is 42.8 Å². The van der Waals surface area contributed by atoms with Crippen LogP contribution in [0.5, 0.6) is 5.75 Å². The number of thioether (sulfide) groups is 1. The molecule has 1 saturated carbocycles. The molecule has 2 aliphatic rings. The Balaban J connectivity index is 1.72. The zero-order valence-corrected chi connectivity index (χ0v) is 21.1. The predicted octanol–water partition coefficient (Wildman–Crippen LogP) is 7.35. The molecule has 0 amide bonds. The van der Waals surface area contributed by atoms with Gasteiger partial charge in [-0.15, -0.1) is 11.8 Å². The number of fused-ring (bicyclic) bond motifs is 1. The first-order chi connectivity index (χ1) is 16.8. The number of hydrogen-bond acceptors (Lipinski definition) is 5. The minimum absolute atomic E-state index is 0.163. The van der Waals surface area contributed by atoms with Crippen LogP contribution >= 0.6 is 20.1 Å². The van der Waals surface area contributed by atoms with E-state index in [1.165, 1.54) is 42.1 Å². The second-order valence-corrected chi connectivity index (χ2v) is 12.1. The van der Waals surface area contributed by atoms with Crippen LogP contribution in [0.15, 0.2) is 41.3 Å². The monoisotopic (exact) mass is 553 g/mol. The van der Waals surface area contributed by atoms with Gasteiger partial charge in [-0.2, -0.15) is 13.2 Å². The van der Waals surface area contributed by atoms with Gasteiger partial charge in [-0.1, -0.05) is 0 Å². The van der Waals surface area contributed by atoms with Crippen molar-refractivity contribution < 1.29 is 40.9 Å². The van der Waals surface area contributed by atoms with Crippen LogP contribution in [0, 0.1) is 11.7 Å². The van der Waals surface area contributed by atoms with E-state index in [9.17, 15) is 36.1 Å². The minimum Gasteiger partial charge on any atom is -0.492 e. The molecular weight excluding hydrogens is 527 g/mol. The normalized spacial score (nSPS) is 19.7. The van der Waals surface area contributed by atoms with Gasteiger partial charge in [0.15, 0.2) is 8.38 Å². The summed E-state index contributed by atoms with van der Waals surface area (Å²) < 4.78 is 88.5. The summed E-state index contributed by atoms with van der Waals surface area (Å²) in [6.07, 6.45) is -4.05. The fourth-order valence-electron chi connectivity index (χ4n) is 4.09. The van der Waals surface area contributed by atoms with Crippen LogP contribution in [0.4, 0.5) is 37.7 Å². The highest BCUT2D eigenvalue weighted by atomic mass is 32.2. The number of halogens is 6. The van der Waals surface area contributed by atoms with Crippen molar-refractivity contribution in [1.82, 2.24) is 0 Å². The highest BCUT2D eigenvalue weighted by molar-refractivity contribution is 7.99. The van der Waals surface area contributed by atoms with E-state index >= 15 is 0 Å². The lowest BCUT2D eigenvalue weighted by molar-refractivity contribution is -0.139. The lowest BCUT2D eigenvalue weighted by atomic mass is 10.0. The summed E-state index contributed by atoms with van der Waals surface area (Å²) in [5.74, 6) is -3.67. The van der Waals surface area contributed by atoms with Gasteiger partial charge < -0.3 is 19.4 Å². The van der Waals surface area contributed by atoms with E-state index in [4.69, 9.17) is 4.74 Å². The molecule has 0 aromatic heterocycles. The highest BCUT2D eigenvalue weighted by Crippen LogP contribution is 2.59. The number of nitrogens with zero attached hydrogens (tertiary/aromatic N) is 1. The summed E-state index contributed by atoms with van der Waals surface area (Å²) in [6.45, 7) is 0.760. The number of hydrogen-bond donors (Lipinski definition) is 2. The van der Waals surface area contributed by atoms with Crippen LogP contribution in [0.2, 0.25) is 0 Å². The predicted molar refractivity (Wildman–Crippen MR) is 128 cm³/mol. The molecule has 4 rings (SSSR count). The molecule has 1 aliphatic carbocycles. The largest absolute Gasteiger partial charge is 0.492 e. The fourth-order valence-corrected chi connectivity index (χ4v) is 5.98. The van der Waals surface area contributed by atoms with Gasteiger partial charge in [0, 0.05) is 29.3 Å². The van der Waals surface area contributed by atoms with Gasteiger partial charge in [0.05, 0.1) is 16.4 Å². The Morgan fingerprint density at radius 1 is 1.11 bits per heavy atom. The maximum absolute atomic E-state index is 14.1. The molecule has 0 radical (unpaired) electrons. The van der Waals surface area contributed by atoms with Crippen molar-refractivity contribution in [2.45, 2.75) is 54.8 Å². The van der Waals surface area contributed by atoms with E-state index in [-0.39, 0.29) is 37.6 Å². The van der Waals surface area contributed by atoms with E-state index in [0.29, 0.717) is 29.2 Å². The molecule has 0 spiro atoms. The van der Waals surface area contributed by atoms with Crippen LogP contribution < -0.4 is 9.64 Å². The first-order valence-electron chi connectivity index (χ1n) is 11.4. The molecule has 2 N–H and O–H groups in total. The summed E-state index contributed by atoms with van der Waals surface area (Å²) in [7, 11) is -2.35. The molecule has 2 aromatic carbocycles. The van der Waals surface area contributed by atoms with E-state index in [2.05, 4.69) is 0 Å². The zero-order chi connectivity index (χ0) is 26.3. The molecule has 1 aliphatic heterocycles. The Morgan fingerprint density at radius 2 is 1.78 bits per heavy atom. The van der Waals surface area contributed by atoms with Crippen molar-refractivity contribution >= 4 is 31.5 Å². The Hall–Kier alpha value is -1.68. The molecule has 36 heavy (non-hydrogen) atoms. The summed E-state index contributed by atoms with van der Waals surface area (Å²) in [5.41, 5.74) is -0.355. The molecule has 2 aromatic rings. The van der Waals surface area contributed by atoms with Crippen LogP contribution in [0.1, 0.15) is 38.2 Å². The molecule has 0 bridgehead atoms. The molecule has 198 valence electrons. The molecule has 0 unspecified atom stereocenters. The lowest BCUT2D eigenvalue weighted by Gasteiger charge is -2.29. The highest BCUT2D eigenvalue weighted by Gasteiger charge is 2.51. The van der Waals surface area contributed by atoms with Gasteiger partial charge in [-0.25, -0.2) is 13.2 Å². The maximum atomic E-state index is 14.1. The molecule has 12 heteroatoms. The lowest BCUT2D eigenvalue weighted by Crippen LogP contribution is -2.27. The summed E-state index contributed by atoms with van der Waals surface area (Å²) >= 11 is 1.26. The standard InChI is InChI=1S/C24H26F6NO3PS/c1-22(26,27)7-6-15-12-31(17-4-2-16(25)3-5-17)19-10-18(24(28,29)30)20(11-21(19)36-13-15)34-14-23(8-9-23)35(32)33/h2-5,10-11,15,32-33H,6-9,12-14H2,1H3/t15-/m1/s1. The minimum atomic E-state index is -4.76. The molecular formula is C24H26F6NO3PS. The summed E-state index contributed by atoms with van der Waals surface area (Å²) in [5, 5.41) is -0.922. The Morgan fingerprint density at radius 3 is 2.33 bits per heavy atom.